The van der Waals surface area contributed by atoms with Gasteiger partial charge < -0.3 is 4.57 Å². The van der Waals surface area contributed by atoms with Crippen molar-refractivity contribution in [2.45, 2.75) is 13.8 Å². The number of para-hydroxylation sites is 1. The van der Waals surface area contributed by atoms with Crippen LogP contribution >= 0.6 is 0 Å². The Morgan fingerprint density at radius 2 is 1.35 bits per heavy atom. The Kier molecular flexibility index (Phi) is 5.26. The van der Waals surface area contributed by atoms with Gasteiger partial charge in [-0.2, -0.15) is 10.5 Å². The first-order valence-corrected chi connectivity index (χ1v) is 11.9. The average molecular weight is 476 g/mol. The molecule has 0 unspecified atom stereocenters. The molecule has 5 nitrogen and oxygen atoms in total. The highest BCUT2D eigenvalue weighted by atomic mass is 15.0. The Balaban J connectivity index is 1.55. The first-order chi connectivity index (χ1) is 18.1. The lowest BCUT2D eigenvalue weighted by Gasteiger charge is -2.12. The number of hydrogen-bond donors (Lipinski definition) is 0. The molecule has 0 aliphatic rings. The van der Waals surface area contributed by atoms with Gasteiger partial charge in [0.05, 0.1) is 27.8 Å². The maximum atomic E-state index is 10.1. The van der Waals surface area contributed by atoms with Crippen LogP contribution in [0.25, 0.3) is 50.0 Å². The number of nitrogens with zero attached hydrogens (tertiary/aromatic N) is 5. The fraction of sp³-hybridized carbons (Fsp3) is 0.0625. The second-order valence-corrected chi connectivity index (χ2v) is 9.21. The molecule has 6 rings (SSSR count). The molecular weight excluding hydrogens is 454 g/mol. The largest absolute Gasteiger partial charge is 0.308 e. The molecular formula is C32H21N5. The van der Waals surface area contributed by atoms with Crippen LogP contribution in [0.2, 0.25) is 0 Å². The molecule has 0 fully saturated rings. The average Bonchev–Trinajstić information content (AvgIpc) is 3.26. The fourth-order valence-electron chi connectivity index (χ4n) is 5.05. The first-order valence-electron chi connectivity index (χ1n) is 11.9. The van der Waals surface area contributed by atoms with Gasteiger partial charge in [-0.25, -0.2) is 9.97 Å². The SMILES string of the molecule is Cc1cc(C)cc(-c2ccc3c(c2)c2ccccc2n3-c2ccc(-c3ncc(C#N)cn3)cc2C#N)c1. The highest BCUT2D eigenvalue weighted by Gasteiger charge is 2.17. The van der Waals surface area contributed by atoms with Gasteiger partial charge in [0, 0.05) is 28.7 Å². The molecule has 0 atom stereocenters. The number of nitriles is 2. The predicted molar refractivity (Wildman–Crippen MR) is 146 cm³/mol. The number of rotatable bonds is 3. The molecule has 0 spiro atoms. The van der Waals surface area contributed by atoms with Gasteiger partial charge in [-0.3, -0.25) is 0 Å². The quantitative estimate of drug-likeness (QED) is 0.270. The third kappa shape index (κ3) is 3.80. The summed E-state index contributed by atoms with van der Waals surface area (Å²) < 4.78 is 2.15. The van der Waals surface area contributed by atoms with E-state index in [1.54, 1.807) is 6.07 Å². The minimum Gasteiger partial charge on any atom is -0.308 e. The number of fused-ring (bicyclic) bond motifs is 3. The third-order valence-electron chi connectivity index (χ3n) is 6.62. The maximum Gasteiger partial charge on any atom is 0.159 e. The Morgan fingerprint density at radius 1 is 0.649 bits per heavy atom. The molecule has 0 N–H and O–H groups in total. The van der Waals surface area contributed by atoms with Crippen LogP contribution in [0.4, 0.5) is 0 Å². The summed E-state index contributed by atoms with van der Waals surface area (Å²) in [6, 6.07) is 31.5. The number of benzene rings is 4. The van der Waals surface area contributed by atoms with Crippen LogP contribution in [0.5, 0.6) is 0 Å². The van der Waals surface area contributed by atoms with Crippen LogP contribution < -0.4 is 0 Å². The molecule has 6 aromatic rings. The lowest BCUT2D eigenvalue weighted by molar-refractivity contribution is 1.14. The van der Waals surface area contributed by atoms with Gasteiger partial charge in [-0.15, -0.1) is 0 Å². The first kappa shape index (κ1) is 22.2. The summed E-state index contributed by atoms with van der Waals surface area (Å²) in [5.41, 5.74) is 9.34. The maximum absolute atomic E-state index is 10.1. The highest BCUT2D eigenvalue weighted by molar-refractivity contribution is 6.10. The zero-order valence-electron chi connectivity index (χ0n) is 20.4. The third-order valence-corrected chi connectivity index (χ3v) is 6.62. The van der Waals surface area contributed by atoms with Gasteiger partial charge in [-0.1, -0.05) is 53.6 Å². The molecule has 37 heavy (non-hydrogen) atoms. The van der Waals surface area contributed by atoms with E-state index < -0.39 is 0 Å². The van der Waals surface area contributed by atoms with Crippen molar-refractivity contribution in [3.05, 3.63) is 114 Å². The number of aromatic nitrogens is 3. The van der Waals surface area contributed by atoms with Crippen LogP contribution in [0.15, 0.2) is 91.3 Å². The summed E-state index contributed by atoms with van der Waals surface area (Å²) in [6.07, 6.45) is 2.98. The van der Waals surface area contributed by atoms with Crippen molar-refractivity contribution in [3.63, 3.8) is 0 Å². The van der Waals surface area contributed by atoms with E-state index in [1.165, 1.54) is 29.1 Å². The van der Waals surface area contributed by atoms with Gasteiger partial charge >= 0.3 is 0 Å². The normalized spacial score (nSPS) is 10.9. The van der Waals surface area contributed by atoms with E-state index in [4.69, 9.17) is 5.26 Å². The second-order valence-electron chi connectivity index (χ2n) is 9.21. The lowest BCUT2D eigenvalue weighted by Crippen LogP contribution is -1.99. The van der Waals surface area contributed by atoms with Gasteiger partial charge in [0.2, 0.25) is 0 Å². The van der Waals surface area contributed by atoms with Gasteiger partial charge in [0.1, 0.15) is 12.1 Å². The van der Waals surface area contributed by atoms with E-state index in [1.807, 2.05) is 30.3 Å². The van der Waals surface area contributed by atoms with Crippen molar-refractivity contribution < 1.29 is 0 Å². The van der Waals surface area contributed by atoms with E-state index in [9.17, 15) is 5.26 Å². The van der Waals surface area contributed by atoms with Crippen LogP contribution in [0.3, 0.4) is 0 Å². The van der Waals surface area contributed by atoms with Crippen molar-refractivity contribution in [1.82, 2.24) is 14.5 Å². The zero-order chi connectivity index (χ0) is 25.5. The van der Waals surface area contributed by atoms with Crippen LogP contribution in [-0.4, -0.2) is 14.5 Å². The molecule has 2 aromatic heterocycles. The van der Waals surface area contributed by atoms with Crippen molar-refractivity contribution in [3.8, 4) is 40.3 Å². The highest BCUT2D eigenvalue weighted by Crippen LogP contribution is 2.36. The molecule has 2 heterocycles. The van der Waals surface area contributed by atoms with Gasteiger partial charge in [0.15, 0.2) is 5.82 Å². The topological polar surface area (TPSA) is 78.3 Å². The van der Waals surface area contributed by atoms with Gasteiger partial charge in [-0.05, 0) is 61.4 Å². The smallest absolute Gasteiger partial charge is 0.159 e. The minimum absolute atomic E-state index is 0.395. The van der Waals surface area contributed by atoms with Crippen LogP contribution in [0.1, 0.15) is 22.3 Å². The molecule has 5 heteroatoms. The van der Waals surface area contributed by atoms with Crippen molar-refractivity contribution >= 4 is 21.8 Å². The molecule has 0 aliphatic carbocycles. The monoisotopic (exact) mass is 475 g/mol. The van der Waals surface area contributed by atoms with E-state index in [0.717, 1.165) is 38.6 Å². The molecule has 174 valence electrons. The van der Waals surface area contributed by atoms with Crippen LogP contribution in [-0.2, 0) is 0 Å². The van der Waals surface area contributed by atoms with E-state index >= 15 is 0 Å². The summed E-state index contributed by atoms with van der Waals surface area (Å²) in [5.74, 6) is 0.474. The standard InChI is InChI=1S/C32H21N5/c1-20-11-21(2)13-25(12-20)23-7-10-31-28(15-23)27-5-3-4-6-30(27)37(31)29-9-8-24(14-26(29)17-34)32-35-18-22(16-33)19-36-32/h3-15,18-19H,1-2H3. The molecule has 0 amide bonds. The van der Waals surface area contributed by atoms with Crippen LogP contribution in [0, 0.1) is 36.5 Å². The molecule has 4 aromatic carbocycles. The van der Waals surface area contributed by atoms with Crippen molar-refractivity contribution in [2.24, 2.45) is 0 Å². The Morgan fingerprint density at radius 3 is 2.08 bits per heavy atom. The molecule has 0 saturated carbocycles. The Bertz CT molecular complexity index is 1890. The minimum atomic E-state index is 0.395. The second kappa shape index (κ2) is 8.75. The zero-order valence-corrected chi connectivity index (χ0v) is 20.4. The summed E-state index contributed by atoms with van der Waals surface area (Å²) in [7, 11) is 0. The predicted octanol–water partition coefficient (Wildman–Crippen LogP) is 7.27. The summed E-state index contributed by atoms with van der Waals surface area (Å²) >= 11 is 0. The Labute approximate surface area is 214 Å². The summed E-state index contributed by atoms with van der Waals surface area (Å²) in [6.45, 7) is 4.24. The molecule has 0 bridgehead atoms. The van der Waals surface area contributed by atoms with Gasteiger partial charge in [0.25, 0.3) is 0 Å². The molecule has 0 radical (unpaired) electrons. The molecule has 0 saturated heterocycles. The van der Waals surface area contributed by atoms with E-state index in [0.29, 0.717) is 17.0 Å². The lowest BCUT2D eigenvalue weighted by atomic mass is 9.99. The Hall–Kier alpha value is -5.26. The summed E-state index contributed by atoms with van der Waals surface area (Å²) in [4.78, 5) is 8.58. The number of aryl methyl sites for hydroxylation is 2. The van der Waals surface area contributed by atoms with Crippen molar-refractivity contribution in [2.75, 3.05) is 0 Å². The summed E-state index contributed by atoms with van der Waals surface area (Å²) in [5, 5.41) is 21.4. The van der Waals surface area contributed by atoms with Crippen molar-refractivity contribution in [1.29, 1.82) is 10.5 Å². The van der Waals surface area contributed by atoms with E-state index in [-0.39, 0.29) is 0 Å². The molecule has 0 aliphatic heterocycles. The fourth-order valence-corrected chi connectivity index (χ4v) is 5.05. The number of hydrogen-bond acceptors (Lipinski definition) is 4. The van der Waals surface area contributed by atoms with E-state index in [2.05, 4.69) is 83.0 Å².